The maximum Gasteiger partial charge on any atom is 0.237 e. The van der Waals surface area contributed by atoms with E-state index in [0.29, 0.717) is 12.3 Å². The molecule has 0 saturated heterocycles. The van der Waals surface area contributed by atoms with Gasteiger partial charge in [0.15, 0.2) is 5.82 Å². The summed E-state index contributed by atoms with van der Waals surface area (Å²) in [7, 11) is 0. The molecule has 0 spiro atoms. The Morgan fingerprint density at radius 2 is 2.20 bits per heavy atom. The molecule has 0 aliphatic heterocycles. The monoisotopic (exact) mass is 206 g/mol. The summed E-state index contributed by atoms with van der Waals surface area (Å²) in [5.41, 5.74) is 0. The topological polar surface area (TPSA) is 56.0 Å². The predicted molar refractivity (Wildman–Crippen MR) is 52.3 cm³/mol. The Labute approximate surface area is 88.1 Å². The van der Waals surface area contributed by atoms with Crippen LogP contribution in [0.2, 0.25) is 0 Å². The number of ketones is 1. The molecule has 0 bridgehead atoms. The van der Waals surface area contributed by atoms with Gasteiger partial charge in [-0.1, -0.05) is 5.16 Å². The molecule has 1 aromatic rings. The fourth-order valence-electron chi connectivity index (χ4n) is 2.15. The van der Waals surface area contributed by atoms with Crippen LogP contribution in [-0.4, -0.2) is 15.9 Å². The second-order valence-electron chi connectivity index (χ2n) is 4.61. The minimum absolute atomic E-state index is 0.106. The first-order valence-electron chi connectivity index (χ1n) is 5.68. The molecule has 2 aliphatic carbocycles. The van der Waals surface area contributed by atoms with Crippen molar-refractivity contribution in [3.8, 4) is 0 Å². The second-order valence-corrected chi connectivity index (χ2v) is 4.61. The van der Waals surface area contributed by atoms with Gasteiger partial charge in [0.1, 0.15) is 5.78 Å². The smallest absolute Gasteiger partial charge is 0.237 e. The molecule has 3 rings (SSSR count). The molecule has 2 saturated carbocycles. The highest BCUT2D eigenvalue weighted by Gasteiger charge is 2.31. The fraction of sp³-hybridized carbons (Fsp3) is 0.727. The van der Waals surface area contributed by atoms with E-state index in [4.69, 9.17) is 4.52 Å². The van der Waals surface area contributed by atoms with Crippen molar-refractivity contribution in [2.45, 2.75) is 44.4 Å². The van der Waals surface area contributed by atoms with Crippen LogP contribution in [0.1, 0.15) is 49.7 Å². The van der Waals surface area contributed by atoms with Crippen LogP contribution in [0, 0.1) is 5.92 Å². The number of rotatable bonds is 3. The van der Waals surface area contributed by atoms with Gasteiger partial charge in [-0.3, -0.25) is 4.79 Å². The molecule has 80 valence electrons. The van der Waals surface area contributed by atoms with Crippen LogP contribution >= 0.6 is 0 Å². The number of Topliss-reactive ketones (excluding diaryl/α,β-unsaturated/α-hetero) is 1. The van der Waals surface area contributed by atoms with E-state index in [1.54, 1.807) is 0 Å². The van der Waals surface area contributed by atoms with E-state index < -0.39 is 0 Å². The Kier molecular flexibility index (Phi) is 2.08. The summed E-state index contributed by atoms with van der Waals surface area (Å²) in [5.74, 6) is 2.25. The number of hydrogen-bond donors (Lipinski definition) is 0. The molecular weight excluding hydrogens is 192 g/mol. The van der Waals surface area contributed by atoms with E-state index in [1.807, 2.05) is 0 Å². The molecule has 4 heteroatoms. The number of hydrogen-bond acceptors (Lipinski definition) is 4. The van der Waals surface area contributed by atoms with Gasteiger partial charge in [-0.25, -0.2) is 0 Å². The minimum atomic E-state index is -0.106. The Hall–Kier alpha value is -1.19. The first-order valence-corrected chi connectivity index (χ1v) is 5.68. The zero-order chi connectivity index (χ0) is 10.3. The quantitative estimate of drug-likeness (QED) is 0.757. The third-order valence-electron chi connectivity index (χ3n) is 3.25. The van der Waals surface area contributed by atoms with Crippen molar-refractivity contribution in [1.82, 2.24) is 10.1 Å². The highest BCUT2D eigenvalue weighted by atomic mass is 16.5. The molecule has 2 fully saturated rings. The summed E-state index contributed by atoms with van der Waals surface area (Å²) >= 11 is 0. The van der Waals surface area contributed by atoms with Crippen molar-refractivity contribution >= 4 is 5.78 Å². The van der Waals surface area contributed by atoms with Crippen molar-refractivity contribution in [2.24, 2.45) is 5.92 Å². The lowest BCUT2D eigenvalue weighted by molar-refractivity contribution is -0.119. The lowest BCUT2D eigenvalue weighted by atomic mass is 10.1. The summed E-state index contributed by atoms with van der Waals surface area (Å²) < 4.78 is 5.17. The van der Waals surface area contributed by atoms with Crippen LogP contribution in [-0.2, 0) is 11.2 Å². The van der Waals surface area contributed by atoms with Gasteiger partial charge in [-0.05, 0) is 31.6 Å². The number of carbonyl (C=O) groups is 1. The Bertz CT molecular complexity index is 382. The number of aromatic nitrogens is 2. The first-order chi connectivity index (χ1) is 7.33. The van der Waals surface area contributed by atoms with E-state index in [2.05, 4.69) is 10.1 Å². The Morgan fingerprint density at radius 3 is 2.87 bits per heavy atom. The van der Waals surface area contributed by atoms with Crippen molar-refractivity contribution in [2.75, 3.05) is 0 Å². The maximum absolute atomic E-state index is 11.5. The molecule has 0 amide bonds. The van der Waals surface area contributed by atoms with E-state index in [-0.39, 0.29) is 11.7 Å². The molecule has 0 radical (unpaired) electrons. The van der Waals surface area contributed by atoms with Gasteiger partial charge < -0.3 is 4.52 Å². The maximum atomic E-state index is 11.5. The van der Waals surface area contributed by atoms with Gasteiger partial charge >= 0.3 is 0 Å². The predicted octanol–water partition coefficient (Wildman–Crippen LogP) is 1.86. The van der Waals surface area contributed by atoms with E-state index in [9.17, 15) is 4.79 Å². The Morgan fingerprint density at radius 1 is 1.33 bits per heavy atom. The molecule has 2 aliphatic rings. The van der Waals surface area contributed by atoms with Gasteiger partial charge in [0.05, 0.1) is 5.92 Å². The van der Waals surface area contributed by atoms with Crippen LogP contribution in [0.25, 0.3) is 0 Å². The number of carbonyl (C=O) groups excluding carboxylic acids is 1. The number of nitrogens with zero attached hydrogens (tertiary/aromatic N) is 2. The fourth-order valence-corrected chi connectivity index (χ4v) is 2.15. The standard InChI is InChI=1S/C11H14N2O2/c14-9-3-1-2-8(9)11-12-10(13-15-11)6-7-4-5-7/h7-8H,1-6H2. The van der Waals surface area contributed by atoms with Crippen molar-refractivity contribution in [3.05, 3.63) is 11.7 Å². The van der Waals surface area contributed by atoms with E-state index in [1.165, 1.54) is 12.8 Å². The van der Waals surface area contributed by atoms with Gasteiger partial charge in [-0.2, -0.15) is 4.98 Å². The average molecular weight is 206 g/mol. The van der Waals surface area contributed by atoms with Gasteiger partial charge in [0, 0.05) is 12.8 Å². The largest absolute Gasteiger partial charge is 0.339 e. The van der Waals surface area contributed by atoms with Crippen LogP contribution < -0.4 is 0 Å². The molecule has 15 heavy (non-hydrogen) atoms. The Balaban J connectivity index is 1.74. The molecule has 1 heterocycles. The highest BCUT2D eigenvalue weighted by molar-refractivity contribution is 5.86. The van der Waals surface area contributed by atoms with E-state index >= 15 is 0 Å². The SMILES string of the molecule is O=C1CCCC1c1nc(CC2CC2)no1. The average Bonchev–Trinajstić information content (AvgIpc) is 2.74. The molecule has 1 unspecified atom stereocenters. The molecule has 0 N–H and O–H groups in total. The summed E-state index contributed by atoms with van der Waals surface area (Å²) in [6, 6.07) is 0. The first kappa shape index (κ1) is 9.07. The molecule has 4 nitrogen and oxygen atoms in total. The van der Waals surface area contributed by atoms with Gasteiger partial charge in [-0.15, -0.1) is 0 Å². The third kappa shape index (κ3) is 1.80. The van der Waals surface area contributed by atoms with Crippen molar-refractivity contribution in [1.29, 1.82) is 0 Å². The van der Waals surface area contributed by atoms with Crippen LogP contribution in [0.4, 0.5) is 0 Å². The molecular formula is C11H14N2O2. The van der Waals surface area contributed by atoms with E-state index in [0.717, 1.165) is 31.0 Å². The second kappa shape index (κ2) is 3.43. The third-order valence-corrected chi connectivity index (χ3v) is 3.25. The molecule has 0 aromatic carbocycles. The summed E-state index contributed by atoms with van der Waals surface area (Å²) in [4.78, 5) is 15.8. The highest BCUT2D eigenvalue weighted by Crippen LogP contribution is 2.33. The lowest BCUT2D eigenvalue weighted by Gasteiger charge is -1.98. The van der Waals surface area contributed by atoms with Gasteiger partial charge in [0.2, 0.25) is 5.89 Å². The summed E-state index contributed by atoms with van der Waals surface area (Å²) in [6.45, 7) is 0. The van der Waals surface area contributed by atoms with Crippen molar-refractivity contribution in [3.63, 3.8) is 0 Å². The van der Waals surface area contributed by atoms with Crippen LogP contribution in [0.3, 0.4) is 0 Å². The zero-order valence-electron chi connectivity index (χ0n) is 8.61. The summed E-state index contributed by atoms with van der Waals surface area (Å²) in [6.07, 6.45) is 6.00. The normalized spacial score (nSPS) is 26.1. The van der Waals surface area contributed by atoms with Gasteiger partial charge in [0.25, 0.3) is 0 Å². The van der Waals surface area contributed by atoms with Crippen molar-refractivity contribution < 1.29 is 9.32 Å². The molecule has 1 atom stereocenters. The lowest BCUT2D eigenvalue weighted by Crippen LogP contribution is -2.04. The zero-order valence-corrected chi connectivity index (χ0v) is 8.61. The van der Waals surface area contributed by atoms with Crippen LogP contribution in [0.5, 0.6) is 0 Å². The molecule has 1 aromatic heterocycles. The summed E-state index contributed by atoms with van der Waals surface area (Å²) in [5, 5.41) is 3.94. The van der Waals surface area contributed by atoms with Crippen LogP contribution in [0.15, 0.2) is 4.52 Å². The minimum Gasteiger partial charge on any atom is -0.339 e.